The zero-order chi connectivity index (χ0) is 13.9. The van der Waals surface area contributed by atoms with E-state index in [2.05, 4.69) is 5.32 Å². The van der Waals surface area contributed by atoms with Gasteiger partial charge in [-0.1, -0.05) is 36.9 Å². The van der Waals surface area contributed by atoms with Crippen LogP contribution in [0.1, 0.15) is 32.1 Å². The van der Waals surface area contributed by atoms with Crippen LogP contribution in [0, 0.1) is 11.8 Å². The molecule has 1 aromatic carbocycles. The lowest BCUT2D eigenvalue weighted by molar-refractivity contribution is 0.108. The van der Waals surface area contributed by atoms with Crippen LogP contribution in [0.25, 0.3) is 0 Å². The lowest BCUT2D eigenvalue weighted by atomic mass is 9.75. The first kappa shape index (κ1) is 13.7. The fourth-order valence-electron chi connectivity index (χ4n) is 3.55. The maximum absolute atomic E-state index is 12.3. The van der Waals surface area contributed by atoms with Gasteiger partial charge in [-0.15, -0.1) is 0 Å². The largest absolute Gasteiger partial charge is 0.324 e. The van der Waals surface area contributed by atoms with Gasteiger partial charge in [-0.25, -0.2) is 4.79 Å². The van der Waals surface area contributed by atoms with E-state index in [0.717, 1.165) is 31.1 Å². The summed E-state index contributed by atoms with van der Waals surface area (Å²) in [4.78, 5) is 14.3. The molecule has 2 aliphatic rings. The van der Waals surface area contributed by atoms with Crippen LogP contribution < -0.4 is 5.32 Å². The Kier molecular flexibility index (Phi) is 4.16. The van der Waals surface area contributed by atoms with Gasteiger partial charge in [-0.05, 0) is 42.9 Å². The number of benzene rings is 1. The Morgan fingerprint density at radius 2 is 2.00 bits per heavy atom. The highest BCUT2D eigenvalue weighted by Gasteiger charge is 2.32. The Morgan fingerprint density at radius 3 is 2.80 bits per heavy atom. The third-order valence-electron chi connectivity index (χ3n) is 4.65. The molecule has 1 aliphatic heterocycles. The van der Waals surface area contributed by atoms with Gasteiger partial charge in [0.2, 0.25) is 0 Å². The highest BCUT2D eigenvalue weighted by Crippen LogP contribution is 2.36. The second-order valence-electron chi connectivity index (χ2n) is 5.98. The Bertz CT molecular complexity index is 491. The van der Waals surface area contributed by atoms with Crippen molar-refractivity contribution in [1.82, 2.24) is 4.90 Å². The Hall–Kier alpha value is -1.22. The van der Waals surface area contributed by atoms with Crippen molar-refractivity contribution in [2.75, 3.05) is 18.4 Å². The van der Waals surface area contributed by atoms with Crippen molar-refractivity contribution in [2.24, 2.45) is 11.8 Å². The number of piperidine rings is 1. The molecule has 0 aromatic heterocycles. The lowest BCUT2D eigenvalue weighted by Gasteiger charge is -2.41. The summed E-state index contributed by atoms with van der Waals surface area (Å²) in [5, 5.41) is 3.60. The topological polar surface area (TPSA) is 32.3 Å². The van der Waals surface area contributed by atoms with Crippen LogP contribution in [0.15, 0.2) is 24.3 Å². The number of likely N-dealkylation sites (tertiary alicyclic amines) is 1. The number of carbonyl (C=O) groups is 1. The SMILES string of the molecule is O=C(Nc1cccc(Cl)c1)N1CC[C@H]2CCCC[C@@H]2C1. The molecule has 1 saturated heterocycles. The van der Waals surface area contributed by atoms with E-state index in [1.54, 1.807) is 6.07 Å². The number of anilines is 1. The number of nitrogens with one attached hydrogen (secondary N) is 1. The highest BCUT2D eigenvalue weighted by atomic mass is 35.5. The van der Waals surface area contributed by atoms with Crippen LogP contribution in [-0.4, -0.2) is 24.0 Å². The second-order valence-corrected chi connectivity index (χ2v) is 6.42. The van der Waals surface area contributed by atoms with Crippen molar-refractivity contribution >= 4 is 23.3 Å². The van der Waals surface area contributed by atoms with E-state index in [-0.39, 0.29) is 6.03 Å². The molecule has 3 rings (SSSR count). The predicted octanol–water partition coefficient (Wildman–Crippen LogP) is 4.38. The Morgan fingerprint density at radius 1 is 1.20 bits per heavy atom. The smallest absolute Gasteiger partial charge is 0.321 e. The fraction of sp³-hybridized carbons (Fsp3) is 0.562. The maximum Gasteiger partial charge on any atom is 0.321 e. The molecule has 0 unspecified atom stereocenters. The second kappa shape index (κ2) is 6.04. The average Bonchev–Trinajstić information content (AvgIpc) is 2.47. The minimum absolute atomic E-state index is 0.0105. The van der Waals surface area contributed by atoms with E-state index < -0.39 is 0 Å². The molecule has 108 valence electrons. The van der Waals surface area contributed by atoms with Gasteiger partial charge in [0.1, 0.15) is 0 Å². The fourth-order valence-corrected chi connectivity index (χ4v) is 3.74. The Balaban J connectivity index is 1.60. The highest BCUT2D eigenvalue weighted by molar-refractivity contribution is 6.30. The minimum Gasteiger partial charge on any atom is -0.324 e. The number of hydrogen-bond donors (Lipinski definition) is 1. The summed E-state index contributed by atoms with van der Waals surface area (Å²) in [7, 11) is 0. The van der Waals surface area contributed by atoms with Gasteiger partial charge in [0.15, 0.2) is 0 Å². The molecule has 2 amide bonds. The molecule has 0 spiro atoms. The van der Waals surface area contributed by atoms with Crippen molar-refractivity contribution in [3.63, 3.8) is 0 Å². The van der Waals surface area contributed by atoms with E-state index in [9.17, 15) is 4.79 Å². The van der Waals surface area contributed by atoms with Gasteiger partial charge in [0.25, 0.3) is 0 Å². The standard InChI is InChI=1S/C16H21ClN2O/c17-14-6-3-7-15(10-14)18-16(20)19-9-8-12-4-1-2-5-13(12)11-19/h3,6-7,10,12-13H,1-2,4-5,8-9,11H2,(H,18,20)/t12-,13-/m1/s1. The quantitative estimate of drug-likeness (QED) is 0.818. The molecule has 1 aliphatic carbocycles. The maximum atomic E-state index is 12.3. The number of amides is 2. The number of hydrogen-bond acceptors (Lipinski definition) is 1. The van der Waals surface area contributed by atoms with Crippen LogP contribution in [0.4, 0.5) is 10.5 Å². The van der Waals surface area contributed by atoms with Crippen molar-refractivity contribution in [3.05, 3.63) is 29.3 Å². The van der Waals surface area contributed by atoms with E-state index in [1.807, 2.05) is 23.1 Å². The number of nitrogens with zero attached hydrogens (tertiary/aromatic N) is 1. The number of fused-ring (bicyclic) bond motifs is 1. The zero-order valence-corrected chi connectivity index (χ0v) is 12.4. The molecule has 3 nitrogen and oxygen atoms in total. The average molecular weight is 293 g/mol. The van der Waals surface area contributed by atoms with Crippen LogP contribution in [-0.2, 0) is 0 Å². The normalized spacial score (nSPS) is 25.9. The van der Waals surface area contributed by atoms with Crippen molar-refractivity contribution < 1.29 is 4.79 Å². The van der Waals surface area contributed by atoms with Crippen molar-refractivity contribution in [2.45, 2.75) is 32.1 Å². The number of halogens is 1. The predicted molar refractivity (Wildman–Crippen MR) is 82.1 cm³/mol. The van der Waals surface area contributed by atoms with Crippen LogP contribution in [0.5, 0.6) is 0 Å². The molecule has 2 atom stereocenters. The number of carbonyl (C=O) groups excluding carboxylic acids is 1. The lowest BCUT2D eigenvalue weighted by Crippen LogP contribution is -2.46. The van der Waals surface area contributed by atoms with Gasteiger partial charge >= 0.3 is 6.03 Å². The molecular weight excluding hydrogens is 272 g/mol. The van der Waals surface area contributed by atoms with Crippen molar-refractivity contribution in [1.29, 1.82) is 0 Å². The van der Waals surface area contributed by atoms with Crippen LogP contribution >= 0.6 is 11.6 Å². The Labute approximate surface area is 125 Å². The van der Waals surface area contributed by atoms with E-state index in [4.69, 9.17) is 11.6 Å². The summed E-state index contributed by atoms with van der Waals surface area (Å²) in [6.07, 6.45) is 6.49. The van der Waals surface area contributed by atoms with Crippen LogP contribution in [0.3, 0.4) is 0 Å². The minimum atomic E-state index is 0.0105. The molecular formula is C16H21ClN2O. The molecule has 2 fully saturated rings. The van der Waals surface area contributed by atoms with Crippen molar-refractivity contribution in [3.8, 4) is 0 Å². The molecule has 1 N–H and O–H groups in total. The molecule has 1 saturated carbocycles. The third-order valence-corrected chi connectivity index (χ3v) is 4.89. The zero-order valence-electron chi connectivity index (χ0n) is 11.6. The summed E-state index contributed by atoms with van der Waals surface area (Å²) < 4.78 is 0. The molecule has 0 bridgehead atoms. The molecule has 20 heavy (non-hydrogen) atoms. The van der Waals surface area contributed by atoms with Gasteiger partial charge in [0, 0.05) is 23.8 Å². The first-order chi connectivity index (χ1) is 9.72. The van der Waals surface area contributed by atoms with E-state index >= 15 is 0 Å². The summed E-state index contributed by atoms with van der Waals surface area (Å²) in [5.41, 5.74) is 0.772. The monoisotopic (exact) mass is 292 g/mol. The summed E-state index contributed by atoms with van der Waals surface area (Å²) in [5.74, 6) is 1.56. The van der Waals surface area contributed by atoms with E-state index in [1.165, 1.54) is 25.7 Å². The van der Waals surface area contributed by atoms with Gasteiger partial charge < -0.3 is 10.2 Å². The first-order valence-corrected chi connectivity index (χ1v) is 7.91. The molecule has 1 heterocycles. The van der Waals surface area contributed by atoms with Gasteiger partial charge in [0.05, 0.1) is 0 Å². The van der Waals surface area contributed by atoms with Crippen LogP contribution in [0.2, 0.25) is 5.02 Å². The molecule has 1 aromatic rings. The van der Waals surface area contributed by atoms with Gasteiger partial charge in [-0.2, -0.15) is 0 Å². The summed E-state index contributed by atoms with van der Waals surface area (Å²) in [6.45, 7) is 1.80. The number of urea groups is 1. The van der Waals surface area contributed by atoms with Gasteiger partial charge in [-0.3, -0.25) is 0 Å². The van der Waals surface area contributed by atoms with E-state index in [0.29, 0.717) is 10.9 Å². The third kappa shape index (κ3) is 3.09. The summed E-state index contributed by atoms with van der Waals surface area (Å²) >= 11 is 5.94. The molecule has 0 radical (unpaired) electrons. The molecule has 4 heteroatoms. The summed E-state index contributed by atoms with van der Waals surface area (Å²) in [6, 6.07) is 7.33. The number of rotatable bonds is 1. The first-order valence-electron chi connectivity index (χ1n) is 7.54.